The van der Waals surface area contributed by atoms with Gasteiger partial charge in [0.15, 0.2) is 0 Å². The van der Waals surface area contributed by atoms with Gasteiger partial charge in [-0.15, -0.1) is 0 Å². The summed E-state index contributed by atoms with van der Waals surface area (Å²) in [6, 6.07) is 5.79. The van der Waals surface area contributed by atoms with Crippen molar-refractivity contribution < 1.29 is 9.50 Å². The van der Waals surface area contributed by atoms with Gasteiger partial charge in [-0.25, -0.2) is 4.39 Å². The Hall–Kier alpha value is -1.16. The molecule has 0 amide bonds. The quantitative estimate of drug-likeness (QED) is 0.852. The lowest BCUT2D eigenvalue weighted by molar-refractivity contribution is 0.102. The summed E-state index contributed by atoms with van der Waals surface area (Å²) in [6.07, 6.45) is 3.09. The molecule has 0 saturated heterocycles. The summed E-state index contributed by atoms with van der Waals surface area (Å²) < 4.78 is 13.5. The first-order valence-corrected chi connectivity index (χ1v) is 5.96. The van der Waals surface area contributed by atoms with Gasteiger partial charge >= 0.3 is 0 Å². The molecule has 94 valence electrons. The third-order valence-corrected chi connectivity index (χ3v) is 3.36. The first kappa shape index (κ1) is 13.3. The van der Waals surface area contributed by atoms with Crippen LogP contribution in [0.4, 0.5) is 4.39 Å². The van der Waals surface area contributed by atoms with Crippen molar-refractivity contribution in [3.63, 3.8) is 0 Å². The predicted octanol–water partition coefficient (Wildman–Crippen LogP) is 3.78. The molecular weight excluding hydrogens is 276 g/mol. The highest BCUT2D eigenvalue weighted by atomic mass is 35.5. The highest BCUT2D eigenvalue weighted by molar-refractivity contribution is 6.35. The van der Waals surface area contributed by atoms with E-state index in [0.717, 1.165) is 6.07 Å². The predicted molar refractivity (Wildman–Crippen MR) is 69.3 cm³/mol. The van der Waals surface area contributed by atoms with Crippen LogP contribution in [-0.4, -0.2) is 10.1 Å². The first-order valence-electron chi connectivity index (χ1n) is 5.21. The zero-order valence-corrected chi connectivity index (χ0v) is 11.0. The molecule has 2 nitrogen and oxygen atoms in total. The van der Waals surface area contributed by atoms with Crippen LogP contribution in [0.5, 0.6) is 0 Å². The van der Waals surface area contributed by atoms with E-state index in [2.05, 4.69) is 4.98 Å². The topological polar surface area (TPSA) is 33.1 Å². The molecule has 1 atom stereocenters. The summed E-state index contributed by atoms with van der Waals surface area (Å²) in [7, 11) is 0. The Morgan fingerprint density at radius 2 is 2.00 bits per heavy atom. The summed E-state index contributed by atoms with van der Waals surface area (Å²) in [6.45, 7) is 1.53. The van der Waals surface area contributed by atoms with Crippen molar-refractivity contribution in [2.24, 2.45) is 0 Å². The van der Waals surface area contributed by atoms with Crippen molar-refractivity contribution in [3.8, 4) is 0 Å². The van der Waals surface area contributed by atoms with E-state index in [-0.39, 0.29) is 15.6 Å². The van der Waals surface area contributed by atoms with Gasteiger partial charge in [0.1, 0.15) is 11.4 Å². The summed E-state index contributed by atoms with van der Waals surface area (Å²) in [4.78, 5) is 3.92. The molecule has 1 aromatic heterocycles. The minimum atomic E-state index is -1.43. The Kier molecular flexibility index (Phi) is 3.57. The molecule has 5 heteroatoms. The number of hydrogen-bond acceptors (Lipinski definition) is 2. The fraction of sp³-hybridized carbons (Fsp3) is 0.154. The fourth-order valence-corrected chi connectivity index (χ4v) is 2.27. The van der Waals surface area contributed by atoms with Crippen molar-refractivity contribution >= 4 is 23.2 Å². The minimum Gasteiger partial charge on any atom is -0.381 e. The lowest BCUT2D eigenvalue weighted by atomic mass is 9.89. The Balaban J connectivity index is 2.58. The molecule has 0 saturated carbocycles. The number of halogens is 3. The molecule has 0 spiro atoms. The third-order valence-electron chi connectivity index (χ3n) is 2.76. The van der Waals surface area contributed by atoms with E-state index in [4.69, 9.17) is 23.2 Å². The molecule has 2 aromatic rings. The molecular formula is C13H10Cl2FNO. The normalized spacial score (nSPS) is 14.3. The van der Waals surface area contributed by atoms with Gasteiger partial charge in [0.25, 0.3) is 0 Å². The van der Waals surface area contributed by atoms with Crippen LogP contribution < -0.4 is 0 Å². The van der Waals surface area contributed by atoms with Crippen molar-refractivity contribution in [1.29, 1.82) is 0 Å². The number of hydrogen-bond donors (Lipinski definition) is 1. The molecule has 0 radical (unpaired) electrons. The Morgan fingerprint density at radius 3 is 2.61 bits per heavy atom. The van der Waals surface area contributed by atoms with Crippen LogP contribution >= 0.6 is 23.2 Å². The van der Waals surface area contributed by atoms with E-state index in [1.165, 1.54) is 19.2 Å². The molecule has 0 aliphatic heterocycles. The van der Waals surface area contributed by atoms with Gasteiger partial charge in [-0.1, -0.05) is 29.3 Å². The number of benzene rings is 1. The fourth-order valence-electron chi connectivity index (χ4n) is 1.70. The standard InChI is InChI=1S/C13H10Cl2FNO/c1-13(18,8-3-2-4-17-7-8)9-5-12(16)11(15)6-10(9)14/h2-7,18H,1H3. The molecule has 1 heterocycles. The van der Waals surface area contributed by atoms with Crippen LogP contribution in [0.25, 0.3) is 0 Å². The molecule has 0 bridgehead atoms. The van der Waals surface area contributed by atoms with Crippen LogP contribution in [0.15, 0.2) is 36.7 Å². The monoisotopic (exact) mass is 285 g/mol. The second kappa shape index (κ2) is 4.84. The number of aliphatic hydroxyl groups is 1. The number of rotatable bonds is 2. The van der Waals surface area contributed by atoms with Gasteiger partial charge in [0.2, 0.25) is 0 Å². The molecule has 0 fully saturated rings. The Morgan fingerprint density at radius 1 is 1.28 bits per heavy atom. The average molecular weight is 286 g/mol. The second-order valence-corrected chi connectivity index (χ2v) is 4.87. The van der Waals surface area contributed by atoms with Crippen LogP contribution in [-0.2, 0) is 5.60 Å². The average Bonchev–Trinajstić information content (AvgIpc) is 2.34. The molecule has 2 rings (SSSR count). The molecule has 1 unspecified atom stereocenters. The highest BCUT2D eigenvalue weighted by Gasteiger charge is 2.29. The summed E-state index contributed by atoms with van der Waals surface area (Å²) >= 11 is 11.6. The first-order chi connectivity index (χ1) is 8.43. The second-order valence-electron chi connectivity index (χ2n) is 4.06. The van der Waals surface area contributed by atoms with Crippen LogP contribution in [0.3, 0.4) is 0 Å². The highest BCUT2D eigenvalue weighted by Crippen LogP contribution is 2.36. The minimum absolute atomic E-state index is 0.0780. The van der Waals surface area contributed by atoms with Gasteiger partial charge in [-0.3, -0.25) is 4.98 Å². The van der Waals surface area contributed by atoms with Gasteiger partial charge < -0.3 is 5.11 Å². The maximum absolute atomic E-state index is 13.5. The zero-order chi connectivity index (χ0) is 13.3. The smallest absolute Gasteiger partial charge is 0.142 e. The largest absolute Gasteiger partial charge is 0.381 e. The van der Waals surface area contributed by atoms with Gasteiger partial charge in [-0.05, 0) is 25.1 Å². The van der Waals surface area contributed by atoms with Gasteiger partial charge in [0.05, 0.1) is 5.02 Å². The lowest BCUT2D eigenvalue weighted by Gasteiger charge is -2.25. The van der Waals surface area contributed by atoms with E-state index in [0.29, 0.717) is 5.56 Å². The maximum atomic E-state index is 13.5. The van der Waals surface area contributed by atoms with E-state index < -0.39 is 11.4 Å². The molecule has 18 heavy (non-hydrogen) atoms. The van der Waals surface area contributed by atoms with E-state index in [1.54, 1.807) is 18.3 Å². The van der Waals surface area contributed by atoms with Crippen molar-refractivity contribution in [2.45, 2.75) is 12.5 Å². The van der Waals surface area contributed by atoms with Crippen molar-refractivity contribution in [2.75, 3.05) is 0 Å². The maximum Gasteiger partial charge on any atom is 0.142 e. The zero-order valence-electron chi connectivity index (χ0n) is 9.49. The number of nitrogens with zero attached hydrogens (tertiary/aromatic N) is 1. The summed E-state index contributed by atoms with van der Waals surface area (Å²) in [5.74, 6) is -0.625. The van der Waals surface area contributed by atoms with Crippen molar-refractivity contribution in [1.82, 2.24) is 4.98 Å². The van der Waals surface area contributed by atoms with Crippen LogP contribution in [0, 0.1) is 5.82 Å². The summed E-state index contributed by atoms with van der Waals surface area (Å²) in [5, 5.41) is 10.6. The van der Waals surface area contributed by atoms with Crippen LogP contribution in [0.2, 0.25) is 10.0 Å². The van der Waals surface area contributed by atoms with Crippen LogP contribution in [0.1, 0.15) is 18.1 Å². The van der Waals surface area contributed by atoms with Gasteiger partial charge in [0, 0.05) is 28.5 Å². The number of aromatic nitrogens is 1. The van der Waals surface area contributed by atoms with E-state index in [1.807, 2.05) is 0 Å². The SMILES string of the molecule is CC(O)(c1cccnc1)c1cc(F)c(Cl)cc1Cl. The Bertz CT molecular complexity index is 573. The molecule has 1 N–H and O–H groups in total. The Labute approximate surface area is 114 Å². The van der Waals surface area contributed by atoms with Gasteiger partial charge in [-0.2, -0.15) is 0 Å². The summed E-state index contributed by atoms with van der Waals surface area (Å²) in [5.41, 5.74) is -0.663. The molecule has 0 aliphatic rings. The molecule has 1 aromatic carbocycles. The van der Waals surface area contributed by atoms with Crippen molar-refractivity contribution in [3.05, 3.63) is 63.6 Å². The number of pyridine rings is 1. The van der Waals surface area contributed by atoms with E-state index in [9.17, 15) is 9.50 Å². The third kappa shape index (κ3) is 2.34. The van der Waals surface area contributed by atoms with E-state index >= 15 is 0 Å². The molecule has 0 aliphatic carbocycles. The lowest BCUT2D eigenvalue weighted by Crippen LogP contribution is -2.23.